The number of carbonyl (C=O) groups excluding carboxylic acids is 1. The zero-order valence-corrected chi connectivity index (χ0v) is 16.2. The van der Waals surface area contributed by atoms with E-state index in [9.17, 15) is 13.6 Å². The summed E-state index contributed by atoms with van der Waals surface area (Å²) in [6, 6.07) is 5.26. The molecule has 4 nitrogen and oxygen atoms in total. The Hall–Kier alpha value is -1.77. The highest BCUT2D eigenvalue weighted by Crippen LogP contribution is 2.26. The lowest BCUT2D eigenvalue weighted by molar-refractivity contribution is 0.186. The van der Waals surface area contributed by atoms with Gasteiger partial charge in [-0.2, -0.15) is 0 Å². The number of aromatic nitrogens is 1. The van der Waals surface area contributed by atoms with E-state index in [0.29, 0.717) is 17.2 Å². The molecule has 0 saturated carbocycles. The van der Waals surface area contributed by atoms with Crippen LogP contribution < -0.4 is 5.32 Å². The molecule has 2 aromatic rings. The molecule has 1 fully saturated rings. The van der Waals surface area contributed by atoms with Crippen molar-refractivity contribution < 1.29 is 15.0 Å². The van der Waals surface area contributed by atoms with Crippen molar-refractivity contribution in [1.29, 1.82) is 0 Å². The smallest absolute Gasteiger partial charge is 0.321 e. The molecule has 7 heteroatoms. The van der Waals surface area contributed by atoms with Crippen LogP contribution in [-0.4, -0.2) is 29.0 Å². The molecule has 0 aliphatic carbocycles. The molecule has 0 bridgehead atoms. The van der Waals surface area contributed by atoms with Crippen LogP contribution in [0.4, 0.5) is 19.3 Å². The van der Waals surface area contributed by atoms with Crippen molar-refractivity contribution >= 4 is 35.7 Å². The van der Waals surface area contributed by atoms with Gasteiger partial charge in [0.15, 0.2) is 0 Å². The molecule has 1 aliphatic heterocycles. The van der Waals surface area contributed by atoms with Crippen LogP contribution in [0, 0.1) is 17.6 Å². The first-order valence-electron chi connectivity index (χ1n) is 7.99. The fourth-order valence-corrected chi connectivity index (χ4v) is 2.80. The SMILES string of the molecule is CC1CCN(C(=O)Nc2ccc(F)c(-c3cncc(F)c3)c2)CC1.I.[HH]. The summed E-state index contributed by atoms with van der Waals surface area (Å²) in [6.07, 6.45) is 4.41. The summed E-state index contributed by atoms with van der Waals surface area (Å²) >= 11 is 0. The Morgan fingerprint density at radius 2 is 1.96 bits per heavy atom. The number of urea groups is 1. The maximum atomic E-state index is 14.0. The second-order valence-electron chi connectivity index (χ2n) is 6.19. The molecule has 1 aliphatic rings. The summed E-state index contributed by atoms with van der Waals surface area (Å²) in [4.78, 5) is 17.8. The molecule has 1 aromatic heterocycles. The van der Waals surface area contributed by atoms with Gasteiger partial charge in [-0.25, -0.2) is 13.6 Å². The summed E-state index contributed by atoms with van der Waals surface area (Å²) < 4.78 is 27.4. The Kier molecular flexibility index (Phi) is 6.69. The molecule has 25 heavy (non-hydrogen) atoms. The third kappa shape index (κ3) is 4.87. The van der Waals surface area contributed by atoms with Gasteiger partial charge in [0.2, 0.25) is 0 Å². The lowest BCUT2D eigenvalue weighted by Gasteiger charge is -2.30. The number of carbonyl (C=O) groups is 1. The van der Waals surface area contributed by atoms with Crippen LogP contribution >= 0.6 is 24.0 Å². The molecule has 1 aromatic carbocycles. The quantitative estimate of drug-likeness (QED) is 0.629. The molecule has 136 valence electrons. The number of anilines is 1. The molecule has 0 unspecified atom stereocenters. The second-order valence-corrected chi connectivity index (χ2v) is 6.19. The van der Waals surface area contributed by atoms with Gasteiger partial charge in [0.05, 0.1) is 6.20 Å². The Labute approximate surface area is 164 Å². The molecular weight excluding hydrogens is 439 g/mol. The molecule has 0 atom stereocenters. The van der Waals surface area contributed by atoms with Crippen molar-refractivity contribution in [2.45, 2.75) is 19.8 Å². The largest absolute Gasteiger partial charge is 0.325 e. The number of amides is 2. The van der Waals surface area contributed by atoms with Crippen molar-refractivity contribution in [2.24, 2.45) is 5.92 Å². The third-order valence-electron chi connectivity index (χ3n) is 4.30. The van der Waals surface area contributed by atoms with Crippen LogP contribution in [0.3, 0.4) is 0 Å². The number of nitrogens with zero attached hydrogens (tertiary/aromatic N) is 2. The van der Waals surface area contributed by atoms with Crippen molar-refractivity contribution in [1.82, 2.24) is 9.88 Å². The fraction of sp³-hybridized carbons (Fsp3) is 0.333. The van der Waals surface area contributed by atoms with Crippen LogP contribution in [0.2, 0.25) is 0 Å². The maximum Gasteiger partial charge on any atom is 0.321 e. The van der Waals surface area contributed by atoms with Gasteiger partial charge in [0, 0.05) is 37.5 Å². The highest BCUT2D eigenvalue weighted by Gasteiger charge is 2.20. The highest BCUT2D eigenvalue weighted by molar-refractivity contribution is 14.0. The number of rotatable bonds is 2. The normalized spacial score (nSPS) is 14.8. The fourth-order valence-electron chi connectivity index (χ4n) is 2.80. The molecule has 0 radical (unpaired) electrons. The summed E-state index contributed by atoms with van der Waals surface area (Å²) in [5.74, 6) is -0.400. The second kappa shape index (κ2) is 8.55. The van der Waals surface area contributed by atoms with Gasteiger partial charge in [0.25, 0.3) is 0 Å². The first kappa shape index (κ1) is 19.6. The Morgan fingerprint density at radius 3 is 2.64 bits per heavy atom. The van der Waals surface area contributed by atoms with Crippen molar-refractivity contribution in [3.05, 3.63) is 48.3 Å². The van der Waals surface area contributed by atoms with Crippen LogP contribution in [0.15, 0.2) is 36.7 Å². The van der Waals surface area contributed by atoms with E-state index in [1.54, 1.807) is 4.90 Å². The number of nitrogens with one attached hydrogen (secondary N) is 1. The van der Waals surface area contributed by atoms with Crippen molar-refractivity contribution in [3.8, 4) is 11.1 Å². The van der Waals surface area contributed by atoms with Gasteiger partial charge >= 0.3 is 6.03 Å². The predicted octanol–water partition coefficient (Wildman–Crippen LogP) is 5.15. The Balaban J connectivity index is 0.00000169. The molecule has 0 spiro atoms. The number of hydrogen-bond acceptors (Lipinski definition) is 2. The minimum atomic E-state index is -0.538. The first-order valence-corrected chi connectivity index (χ1v) is 7.99. The van der Waals surface area contributed by atoms with E-state index in [4.69, 9.17) is 0 Å². The number of piperidine rings is 1. The van der Waals surface area contributed by atoms with Crippen LogP contribution in [0.1, 0.15) is 21.2 Å². The number of pyridine rings is 1. The number of likely N-dealkylation sites (tertiary alicyclic amines) is 1. The summed E-state index contributed by atoms with van der Waals surface area (Å²) in [6.45, 7) is 3.61. The lowest BCUT2D eigenvalue weighted by atomic mass is 10.00. The third-order valence-corrected chi connectivity index (χ3v) is 4.30. The van der Waals surface area contributed by atoms with Gasteiger partial charge in [0.1, 0.15) is 11.6 Å². The average Bonchev–Trinajstić information content (AvgIpc) is 2.57. The Morgan fingerprint density at radius 1 is 1.24 bits per heavy atom. The van der Waals surface area contributed by atoms with Gasteiger partial charge < -0.3 is 10.2 Å². The van der Waals surface area contributed by atoms with E-state index in [0.717, 1.165) is 32.1 Å². The van der Waals surface area contributed by atoms with Crippen LogP contribution in [0.5, 0.6) is 0 Å². The summed E-state index contributed by atoms with van der Waals surface area (Å²) in [7, 11) is 0. The van der Waals surface area contributed by atoms with Gasteiger partial charge in [-0.05, 0) is 43.0 Å². The molecular formula is C18H22F2IN3O. The minimum absolute atomic E-state index is 0. The molecule has 1 N–H and O–H groups in total. The van der Waals surface area contributed by atoms with E-state index in [2.05, 4.69) is 17.2 Å². The zero-order chi connectivity index (χ0) is 17.1. The standard InChI is InChI=1S/C18H19F2N3O.HI.H2/c1-12-4-6-23(7-5-12)18(24)22-15-2-3-17(20)16(9-15)13-8-14(19)11-21-10-13;;/h2-3,8-12H,4-7H2,1H3,(H,22,24);2*1H. The first-order chi connectivity index (χ1) is 11.5. The monoisotopic (exact) mass is 461 g/mol. The van der Waals surface area contributed by atoms with E-state index in [1.165, 1.54) is 30.5 Å². The molecule has 2 heterocycles. The van der Waals surface area contributed by atoms with E-state index >= 15 is 0 Å². The number of benzene rings is 1. The van der Waals surface area contributed by atoms with Crippen molar-refractivity contribution in [3.63, 3.8) is 0 Å². The topological polar surface area (TPSA) is 45.2 Å². The number of halogens is 3. The van der Waals surface area contributed by atoms with Gasteiger partial charge in [-0.15, -0.1) is 24.0 Å². The van der Waals surface area contributed by atoms with Gasteiger partial charge in [-0.3, -0.25) is 4.98 Å². The highest BCUT2D eigenvalue weighted by atomic mass is 127. The van der Waals surface area contributed by atoms with E-state index in [-0.39, 0.29) is 37.0 Å². The molecule has 3 rings (SSSR count). The summed E-state index contributed by atoms with van der Waals surface area (Å²) in [5, 5.41) is 2.78. The zero-order valence-electron chi connectivity index (χ0n) is 13.8. The number of hydrogen-bond donors (Lipinski definition) is 1. The summed E-state index contributed by atoms with van der Waals surface area (Å²) in [5.41, 5.74) is 1.00. The minimum Gasteiger partial charge on any atom is -0.325 e. The molecule has 2 amide bonds. The Bertz CT molecular complexity index is 755. The average molecular weight is 461 g/mol. The molecule has 1 saturated heterocycles. The van der Waals surface area contributed by atoms with E-state index in [1.807, 2.05) is 0 Å². The predicted molar refractivity (Wildman–Crippen MR) is 106 cm³/mol. The van der Waals surface area contributed by atoms with Crippen LogP contribution in [0.25, 0.3) is 11.1 Å². The van der Waals surface area contributed by atoms with E-state index < -0.39 is 11.6 Å². The van der Waals surface area contributed by atoms with Gasteiger partial charge in [-0.1, -0.05) is 6.92 Å². The lowest BCUT2D eigenvalue weighted by Crippen LogP contribution is -2.40. The maximum absolute atomic E-state index is 14.0. The van der Waals surface area contributed by atoms with Crippen molar-refractivity contribution in [2.75, 3.05) is 18.4 Å². The van der Waals surface area contributed by atoms with Crippen LogP contribution in [-0.2, 0) is 0 Å².